The lowest BCUT2D eigenvalue weighted by Gasteiger charge is -2.34. The second kappa shape index (κ2) is 5.26. The second-order valence-electron chi connectivity index (χ2n) is 4.48. The molecule has 0 spiro atoms. The zero-order valence-electron chi connectivity index (χ0n) is 9.48. The molecule has 1 aromatic carbocycles. The van der Waals surface area contributed by atoms with Crippen LogP contribution in [0.25, 0.3) is 0 Å². The Labute approximate surface area is 102 Å². The predicted octanol–water partition coefficient (Wildman–Crippen LogP) is 0.917. The second-order valence-corrected chi connectivity index (χ2v) is 4.48. The first-order valence-electron chi connectivity index (χ1n) is 5.66. The molecule has 100 valence electrons. The monoisotopic (exact) mass is 261 g/mol. The van der Waals surface area contributed by atoms with Crippen molar-refractivity contribution in [2.75, 3.05) is 13.1 Å². The van der Waals surface area contributed by atoms with Gasteiger partial charge in [0, 0.05) is 25.1 Å². The van der Waals surface area contributed by atoms with Crippen molar-refractivity contribution >= 4 is 0 Å². The number of benzene rings is 1. The van der Waals surface area contributed by atoms with Crippen molar-refractivity contribution in [3.05, 3.63) is 35.4 Å². The van der Waals surface area contributed by atoms with Crippen LogP contribution in [0, 0.1) is 17.6 Å². The summed E-state index contributed by atoms with van der Waals surface area (Å²) in [7, 11) is 0. The molecule has 0 bridgehead atoms. The minimum Gasteiger partial charge on any atom is -0.390 e. The smallest absolute Gasteiger partial charge is 0.132 e. The van der Waals surface area contributed by atoms with Crippen molar-refractivity contribution in [1.82, 2.24) is 5.32 Å². The first kappa shape index (κ1) is 13.3. The number of piperidine rings is 1. The Morgan fingerprint density at radius 1 is 1.11 bits per heavy atom. The van der Waals surface area contributed by atoms with E-state index in [0.29, 0.717) is 6.07 Å². The van der Waals surface area contributed by atoms with Crippen LogP contribution >= 0.6 is 0 Å². The van der Waals surface area contributed by atoms with Gasteiger partial charge in [-0.2, -0.15) is 0 Å². The van der Waals surface area contributed by atoms with Crippen LogP contribution in [0.4, 0.5) is 13.2 Å². The molecule has 1 unspecified atom stereocenters. The van der Waals surface area contributed by atoms with Crippen molar-refractivity contribution in [2.24, 2.45) is 5.92 Å². The minimum absolute atomic E-state index is 0.136. The highest BCUT2D eigenvalue weighted by Crippen LogP contribution is 2.31. The van der Waals surface area contributed by atoms with E-state index in [2.05, 4.69) is 5.32 Å². The standard InChI is InChI=1S/C12H14F3NO2/c13-7-1-6(2-8(14)3-7)11(15)9-4-16-5-10(17)12(9)18/h1-3,9-12,16-18H,4-5H2/t9-,10-,11?,12-/m1/s1. The molecular weight excluding hydrogens is 247 g/mol. The summed E-state index contributed by atoms with van der Waals surface area (Å²) in [6.45, 7) is 0.305. The molecule has 1 aromatic rings. The van der Waals surface area contributed by atoms with E-state index in [1.165, 1.54) is 0 Å². The van der Waals surface area contributed by atoms with Crippen LogP contribution in [0.2, 0.25) is 0 Å². The Balaban J connectivity index is 2.21. The zero-order chi connectivity index (χ0) is 13.3. The quantitative estimate of drug-likeness (QED) is 0.742. The van der Waals surface area contributed by atoms with Gasteiger partial charge in [-0.3, -0.25) is 0 Å². The number of nitrogens with one attached hydrogen (secondary N) is 1. The van der Waals surface area contributed by atoms with Crippen LogP contribution in [0.15, 0.2) is 18.2 Å². The van der Waals surface area contributed by atoms with Gasteiger partial charge in [-0.05, 0) is 17.7 Å². The topological polar surface area (TPSA) is 52.5 Å². The summed E-state index contributed by atoms with van der Waals surface area (Å²) in [5.41, 5.74) is -0.174. The molecule has 1 aliphatic rings. The van der Waals surface area contributed by atoms with Crippen molar-refractivity contribution in [3.63, 3.8) is 0 Å². The Hall–Kier alpha value is -1.11. The summed E-state index contributed by atoms with van der Waals surface area (Å²) in [5.74, 6) is -2.67. The number of β-amino-alcohol motifs (C(OH)–C–C–N with tert-alkyl or cyclic N) is 1. The number of hydrogen-bond donors (Lipinski definition) is 3. The molecule has 0 aromatic heterocycles. The van der Waals surface area contributed by atoms with Crippen molar-refractivity contribution in [1.29, 1.82) is 0 Å². The lowest BCUT2D eigenvalue weighted by Crippen LogP contribution is -2.51. The molecule has 3 nitrogen and oxygen atoms in total. The molecule has 1 fully saturated rings. The molecule has 0 aliphatic carbocycles. The molecule has 6 heteroatoms. The molecule has 2 rings (SSSR count). The van der Waals surface area contributed by atoms with Crippen molar-refractivity contribution in [2.45, 2.75) is 18.4 Å². The van der Waals surface area contributed by atoms with E-state index in [1.807, 2.05) is 0 Å². The third-order valence-electron chi connectivity index (χ3n) is 3.15. The highest BCUT2D eigenvalue weighted by Gasteiger charge is 2.37. The minimum atomic E-state index is -1.74. The highest BCUT2D eigenvalue weighted by atomic mass is 19.1. The molecule has 0 radical (unpaired) electrons. The van der Waals surface area contributed by atoms with Gasteiger partial charge >= 0.3 is 0 Å². The normalized spacial score (nSPS) is 30.2. The summed E-state index contributed by atoms with van der Waals surface area (Å²) in [6, 6.07) is 2.43. The number of hydrogen-bond acceptors (Lipinski definition) is 3. The van der Waals surface area contributed by atoms with Gasteiger partial charge in [0.15, 0.2) is 0 Å². The number of aliphatic hydroxyl groups excluding tert-OH is 2. The largest absolute Gasteiger partial charge is 0.390 e. The molecule has 1 heterocycles. The van der Waals surface area contributed by atoms with E-state index in [9.17, 15) is 23.4 Å². The van der Waals surface area contributed by atoms with E-state index in [-0.39, 0.29) is 18.7 Å². The van der Waals surface area contributed by atoms with Gasteiger partial charge < -0.3 is 15.5 Å². The first-order valence-corrected chi connectivity index (χ1v) is 5.66. The summed E-state index contributed by atoms with van der Waals surface area (Å²) in [5, 5.41) is 21.9. The highest BCUT2D eigenvalue weighted by molar-refractivity contribution is 5.21. The van der Waals surface area contributed by atoms with Crippen LogP contribution in [-0.2, 0) is 0 Å². The van der Waals surface area contributed by atoms with E-state index < -0.39 is 35.9 Å². The molecule has 3 N–H and O–H groups in total. The summed E-state index contributed by atoms with van der Waals surface area (Å²) in [4.78, 5) is 0. The number of rotatable bonds is 2. The van der Waals surface area contributed by atoms with E-state index in [0.717, 1.165) is 12.1 Å². The van der Waals surface area contributed by atoms with Gasteiger partial charge in [0.2, 0.25) is 0 Å². The lowest BCUT2D eigenvalue weighted by molar-refractivity contribution is -0.0580. The average molecular weight is 261 g/mol. The Morgan fingerprint density at radius 3 is 2.33 bits per heavy atom. The van der Waals surface area contributed by atoms with Gasteiger partial charge in [-0.15, -0.1) is 0 Å². The molecular formula is C12H14F3NO2. The maximum absolute atomic E-state index is 14.2. The van der Waals surface area contributed by atoms with Gasteiger partial charge in [0.1, 0.15) is 17.8 Å². The summed E-state index contributed by atoms with van der Waals surface area (Å²) < 4.78 is 40.2. The predicted molar refractivity (Wildman–Crippen MR) is 58.6 cm³/mol. The molecule has 0 saturated carbocycles. The van der Waals surface area contributed by atoms with Crippen LogP contribution in [0.1, 0.15) is 11.7 Å². The van der Waals surface area contributed by atoms with Crippen LogP contribution in [-0.4, -0.2) is 35.5 Å². The Kier molecular flexibility index (Phi) is 3.89. The van der Waals surface area contributed by atoms with Gasteiger partial charge in [-0.25, -0.2) is 13.2 Å². The van der Waals surface area contributed by atoms with Crippen LogP contribution < -0.4 is 5.32 Å². The van der Waals surface area contributed by atoms with Crippen molar-refractivity contribution < 1.29 is 23.4 Å². The van der Waals surface area contributed by atoms with Crippen LogP contribution in [0.5, 0.6) is 0 Å². The Bertz CT molecular complexity index is 410. The van der Waals surface area contributed by atoms with Crippen LogP contribution in [0.3, 0.4) is 0 Å². The van der Waals surface area contributed by atoms with E-state index in [1.54, 1.807) is 0 Å². The molecule has 1 aliphatic heterocycles. The van der Waals surface area contributed by atoms with Gasteiger partial charge in [0.25, 0.3) is 0 Å². The van der Waals surface area contributed by atoms with Gasteiger partial charge in [-0.1, -0.05) is 0 Å². The zero-order valence-corrected chi connectivity index (χ0v) is 9.48. The number of alkyl halides is 1. The molecule has 18 heavy (non-hydrogen) atoms. The van der Waals surface area contributed by atoms with Crippen molar-refractivity contribution in [3.8, 4) is 0 Å². The summed E-state index contributed by atoms with van der Waals surface area (Å²) in [6.07, 6.45) is -4.08. The average Bonchev–Trinajstić information content (AvgIpc) is 2.30. The maximum Gasteiger partial charge on any atom is 0.132 e. The fourth-order valence-corrected chi connectivity index (χ4v) is 2.18. The third-order valence-corrected chi connectivity index (χ3v) is 3.15. The molecule has 0 amide bonds. The fraction of sp³-hybridized carbons (Fsp3) is 0.500. The molecule has 1 saturated heterocycles. The maximum atomic E-state index is 14.2. The third kappa shape index (κ3) is 2.66. The van der Waals surface area contributed by atoms with E-state index >= 15 is 0 Å². The Morgan fingerprint density at radius 2 is 1.72 bits per heavy atom. The molecule has 4 atom stereocenters. The van der Waals surface area contributed by atoms with E-state index in [4.69, 9.17) is 0 Å². The number of halogens is 3. The van der Waals surface area contributed by atoms with Gasteiger partial charge in [0.05, 0.1) is 12.2 Å². The summed E-state index contributed by atoms with van der Waals surface area (Å²) >= 11 is 0. The number of aliphatic hydroxyl groups is 2. The fourth-order valence-electron chi connectivity index (χ4n) is 2.18. The lowest BCUT2D eigenvalue weighted by atomic mass is 9.86. The first-order chi connectivity index (χ1) is 8.49. The SMILES string of the molecule is O[C@H]1[C@H](O)CNC[C@@H]1C(F)c1cc(F)cc(F)c1.